The summed E-state index contributed by atoms with van der Waals surface area (Å²) in [6.45, 7) is 0. The zero-order valence-electron chi connectivity index (χ0n) is 6.14. The Labute approximate surface area is 68.2 Å². The number of hydrogen-bond donors (Lipinski definition) is 1. The smallest absolute Gasteiger partial charge is 0.208 e. The van der Waals surface area contributed by atoms with E-state index in [4.69, 9.17) is 10.3 Å². The van der Waals surface area contributed by atoms with Crippen LogP contribution in [0.1, 0.15) is 0 Å². The Bertz CT molecular complexity index is 370. The van der Waals surface area contributed by atoms with Crippen molar-refractivity contribution in [2.24, 2.45) is 0 Å². The average molecular weight is 162 g/mol. The van der Waals surface area contributed by atoms with Gasteiger partial charge in [-0.05, 0) is 6.07 Å². The van der Waals surface area contributed by atoms with Crippen LogP contribution < -0.4 is 5.73 Å². The summed E-state index contributed by atoms with van der Waals surface area (Å²) < 4.78 is 4.89. The molecule has 5 nitrogen and oxygen atoms in total. The van der Waals surface area contributed by atoms with Crippen LogP contribution in [-0.2, 0) is 0 Å². The van der Waals surface area contributed by atoms with Crippen molar-refractivity contribution < 1.29 is 4.52 Å². The lowest BCUT2D eigenvalue weighted by Gasteiger charge is -1.92. The summed E-state index contributed by atoms with van der Waals surface area (Å²) in [5.74, 6) is 0.484. The van der Waals surface area contributed by atoms with E-state index in [1.165, 1.54) is 12.5 Å². The van der Waals surface area contributed by atoms with Gasteiger partial charge in [-0.3, -0.25) is 0 Å². The summed E-state index contributed by atoms with van der Waals surface area (Å²) in [7, 11) is 0. The highest BCUT2D eigenvalue weighted by molar-refractivity contribution is 5.66. The Kier molecular flexibility index (Phi) is 1.48. The summed E-state index contributed by atoms with van der Waals surface area (Å²) in [6, 6.07) is 1.71. The third-order valence-corrected chi connectivity index (χ3v) is 1.41. The van der Waals surface area contributed by atoms with E-state index in [2.05, 4.69) is 15.1 Å². The highest BCUT2D eigenvalue weighted by atomic mass is 16.5. The Hall–Kier alpha value is -1.91. The molecule has 0 bridgehead atoms. The number of hydrogen-bond acceptors (Lipinski definition) is 5. The predicted octanol–water partition coefficient (Wildman–Crippen LogP) is 0.714. The van der Waals surface area contributed by atoms with Crippen molar-refractivity contribution in [2.45, 2.75) is 0 Å². The molecule has 0 aromatic carbocycles. The van der Waals surface area contributed by atoms with E-state index in [1.807, 2.05) is 0 Å². The van der Waals surface area contributed by atoms with Crippen molar-refractivity contribution in [2.75, 3.05) is 5.73 Å². The molecular weight excluding hydrogens is 156 g/mol. The Morgan fingerprint density at radius 3 is 2.92 bits per heavy atom. The molecule has 0 fully saturated rings. The molecule has 0 spiro atoms. The maximum Gasteiger partial charge on any atom is 0.208 e. The van der Waals surface area contributed by atoms with E-state index in [1.54, 1.807) is 12.3 Å². The van der Waals surface area contributed by atoms with Crippen molar-refractivity contribution in [3.63, 3.8) is 0 Å². The quantitative estimate of drug-likeness (QED) is 0.668. The van der Waals surface area contributed by atoms with Gasteiger partial charge in [0.2, 0.25) is 5.76 Å². The van der Waals surface area contributed by atoms with E-state index in [-0.39, 0.29) is 0 Å². The molecule has 0 radical (unpaired) electrons. The second-order valence-electron chi connectivity index (χ2n) is 2.20. The van der Waals surface area contributed by atoms with Gasteiger partial charge in [-0.15, -0.1) is 0 Å². The van der Waals surface area contributed by atoms with Crippen LogP contribution in [0.5, 0.6) is 0 Å². The van der Waals surface area contributed by atoms with Crippen LogP contribution in [0.4, 0.5) is 5.69 Å². The van der Waals surface area contributed by atoms with Gasteiger partial charge in [-0.25, -0.2) is 9.97 Å². The van der Waals surface area contributed by atoms with E-state index in [9.17, 15) is 0 Å². The van der Waals surface area contributed by atoms with Crippen LogP contribution in [0.15, 0.2) is 29.3 Å². The number of nitrogens with zero attached hydrogens (tertiary/aromatic N) is 3. The maximum absolute atomic E-state index is 5.56. The zero-order chi connectivity index (χ0) is 8.39. The molecule has 0 saturated heterocycles. The van der Waals surface area contributed by atoms with Gasteiger partial charge in [0.25, 0.3) is 0 Å². The number of nitrogens with two attached hydrogens (primary N) is 1. The fourth-order valence-electron chi connectivity index (χ4n) is 0.867. The lowest BCUT2D eigenvalue weighted by molar-refractivity contribution is 0.431. The fraction of sp³-hybridized carbons (Fsp3) is 0. The standard InChI is InChI=1S/C7H6N4O/c8-5-3-11-12-7(5)6-1-2-9-4-10-6/h1-4H,8H2. The van der Waals surface area contributed by atoms with Crippen molar-refractivity contribution in [3.05, 3.63) is 24.8 Å². The number of rotatable bonds is 1. The molecule has 2 heterocycles. The van der Waals surface area contributed by atoms with Crippen molar-refractivity contribution >= 4 is 5.69 Å². The maximum atomic E-state index is 5.56. The highest BCUT2D eigenvalue weighted by Gasteiger charge is 2.07. The van der Waals surface area contributed by atoms with Gasteiger partial charge in [0.1, 0.15) is 17.7 Å². The Morgan fingerprint density at radius 2 is 2.33 bits per heavy atom. The first-order valence-electron chi connectivity index (χ1n) is 3.34. The van der Waals surface area contributed by atoms with Gasteiger partial charge >= 0.3 is 0 Å². The molecule has 12 heavy (non-hydrogen) atoms. The van der Waals surface area contributed by atoms with Crippen LogP contribution in [-0.4, -0.2) is 15.1 Å². The first-order chi connectivity index (χ1) is 5.88. The molecule has 0 amide bonds. The van der Waals surface area contributed by atoms with Crippen LogP contribution in [0.2, 0.25) is 0 Å². The van der Waals surface area contributed by atoms with Gasteiger partial charge in [-0.2, -0.15) is 0 Å². The van der Waals surface area contributed by atoms with Crippen LogP contribution in [0.25, 0.3) is 11.5 Å². The van der Waals surface area contributed by atoms with Crippen molar-refractivity contribution in [1.29, 1.82) is 0 Å². The normalized spacial score (nSPS) is 10.0. The number of anilines is 1. The van der Waals surface area contributed by atoms with Crippen LogP contribution in [0.3, 0.4) is 0 Å². The Morgan fingerprint density at radius 1 is 1.42 bits per heavy atom. The van der Waals surface area contributed by atoms with E-state index >= 15 is 0 Å². The minimum Gasteiger partial charge on any atom is -0.394 e. The van der Waals surface area contributed by atoms with E-state index in [0.717, 1.165) is 0 Å². The molecule has 0 aliphatic heterocycles. The summed E-state index contributed by atoms with van der Waals surface area (Å²) >= 11 is 0. The molecule has 2 aromatic rings. The van der Waals surface area contributed by atoms with Gasteiger partial charge in [0, 0.05) is 6.20 Å². The van der Waals surface area contributed by atoms with Gasteiger partial charge in [0.05, 0.1) is 6.20 Å². The summed E-state index contributed by atoms with van der Waals surface area (Å²) in [5, 5.41) is 3.54. The molecule has 2 rings (SSSR count). The molecule has 5 heteroatoms. The molecule has 0 saturated carbocycles. The first-order valence-corrected chi connectivity index (χ1v) is 3.34. The monoisotopic (exact) mass is 162 g/mol. The SMILES string of the molecule is Nc1cnoc1-c1ccncn1. The Balaban J connectivity index is 2.51. The predicted molar refractivity (Wildman–Crippen MR) is 41.9 cm³/mol. The van der Waals surface area contributed by atoms with Crippen molar-refractivity contribution in [1.82, 2.24) is 15.1 Å². The van der Waals surface area contributed by atoms with Gasteiger partial charge < -0.3 is 10.3 Å². The largest absolute Gasteiger partial charge is 0.394 e. The molecule has 0 aliphatic rings. The molecule has 0 aliphatic carbocycles. The van der Waals surface area contributed by atoms with E-state index in [0.29, 0.717) is 17.1 Å². The van der Waals surface area contributed by atoms with Gasteiger partial charge in [-0.1, -0.05) is 5.16 Å². The zero-order valence-corrected chi connectivity index (χ0v) is 6.14. The average Bonchev–Trinajstić information content (AvgIpc) is 2.53. The number of aromatic nitrogens is 3. The van der Waals surface area contributed by atoms with Crippen LogP contribution in [0, 0.1) is 0 Å². The first kappa shape index (κ1) is 6.78. The summed E-state index contributed by atoms with van der Waals surface area (Å²) in [6.07, 6.45) is 4.49. The second-order valence-corrected chi connectivity index (χ2v) is 2.20. The van der Waals surface area contributed by atoms with Crippen LogP contribution >= 0.6 is 0 Å². The molecule has 60 valence electrons. The molecule has 2 N–H and O–H groups in total. The minimum atomic E-state index is 0.480. The molecule has 0 unspecified atom stereocenters. The molecule has 2 aromatic heterocycles. The minimum absolute atomic E-state index is 0.480. The van der Waals surface area contributed by atoms with E-state index < -0.39 is 0 Å². The number of nitrogen functional groups attached to an aromatic ring is 1. The fourth-order valence-corrected chi connectivity index (χ4v) is 0.867. The third kappa shape index (κ3) is 1.01. The lowest BCUT2D eigenvalue weighted by atomic mass is 10.3. The summed E-state index contributed by atoms with van der Waals surface area (Å²) in [4.78, 5) is 7.73. The highest BCUT2D eigenvalue weighted by Crippen LogP contribution is 2.21. The van der Waals surface area contributed by atoms with Gasteiger partial charge in [0.15, 0.2) is 0 Å². The molecular formula is C7H6N4O. The second kappa shape index (κ2) is 2.61. The summed E-state index contributed by atoms with van der Waals surface area (Å²) in [5.41, 5.74) is 6.68. The third-order valence-electron chi connectivity index (χ3n) is 1.41. The lowest BCUT2D eigenvalue weighted by Crippen LogP contribution is -1.87. The molecule has 0 atom stereocenters. The van der Waals surface area contributed by atoms with Crippen molar-refractivity contribution in [3.8, 4) is 11.5 Å². The topological polar surface area (TPSA) is 77.8 Å².